The molecular weight excluding hydrogens is 931 g/mol. The molecule has 0 aromatic carbocycles. The van der Waals surface area contributed by atoms with Crippen LogP contribution >= 0.6 is 0 Å². The molecule has 0 aromatic rings. The van der Waals surface area contributed by atoms with E-state index in [-0.39, 0.29) is 6.61 Å². The molecule has 3 unspecified atom stereocenters. The number of hydrogen-bond donors (Lipinski definition) is 4. The Hall–Kier alpha value is -1.43. The molecule has 0 saturated carbocycles. The van der Waals surface area contributed by atoms with Crippen molar-refractivity contribution < 1.29 is 20.1 Å². The Morgan fingerprint density at radius 2 is 0.566 bits per heavy atom. The molecule has 0 aromatic heterocycles. The van der Waals surface area contributed by atoms with Crippen LogP contribution in [0.5, 0.6) is 0 Å². The maximum atomic E-state index is 12.6. The Labute approximate surface area is 476 Å². The van der Waals surface area contributed by atoms with E-state index in [2.05, 4.69) is 43.5 Å². The van der Waals surface area contributed by atoms with Gasteiger partial charge in [0.1, 0.15) is 6.10 Å². The topological polar surface area (TPSA) is 89.8 Å². The van der Waals surface area contributed by atoms with E-state index < -0.39 is 24.2 Å². The number of hydrogen-bond acceptors (Lipinski definition) is 4. The van der Waals surface area contributed by atoms with Crippen LogP contribution in [0.1, 0.15) is 386 Å². The van der Waals surface area contributed by atoms with Gasteiger partial charge in [0, 0.05) is 0 Å². The van der Waals surface area contributed by atoms with Crippen LogP contribution in [0.4, 0.5) is 0 Å². The first-order chi connectivity index (χ1) is 37.6. The quantitative estimate of drug-likeness (QED) is 0.0361. The van der Waals surface area contributed by atoms with E-state index in [4.69, 9.17) is 0 Å². The van der Waals surface area contributed by atoms with Crippen LogP contribution in [0, 0.1) is 0 Å². The van der Waals surface area contributed by atoms with Crippen molar-refractivity contribution in [2.75, 3.05) is 6.61 Å². The number of carbonyl (C=O) groups excluding carboxylic acids is 1. The van der Waals surface area contributed by atoms with Crippen LogP contribution in [-0.2, 0) is 4.79 Å². The minimum Gasteiger partial charge on any atom is -0.394 e. The number of nitrogens with one attached hydrogen (secondary N) is 1. The number of allylic oxidation sites excluding steroid dienone is 5. The van der Waals surface area contributed by atoms with Gasteiger partial charge in [-0.2, -0.15) is 0 Å². The summed E-state index contributed by atoms with van der Waals surface area (Å²) in [6.07, 6.45) is 88.6. The van der Waals surface area contributed by atoms with Crippen LogP contribution in [0.3, 0.4) is 0 Å². The first kappa shape index (κ1) is 74.6. The van der Waals surface area contributed by atoms with Gasteiger partial charge in [-0.25, -0.2) is 0 Å². The maximum Gasteiger partial charge on any atom is 0.249 e. The Morgan fingerprint density at radius 1 is 0.329 bits per heavy atom. The zero-order valence-corrected chi connectivity index (χ0v) is 51.7. The molecule has 76 heavy (non-hydrogen) atoms. The lowest BCUT2D eigenvalue weighted by Gasteiger charge is -2.21. The van der Waals surface area contributed by atoms with Gasteiger partial charge in [0.05, 0.1) is 18.8 Å². The van der Waals surface area contributed by atoms with Crippen molar-refractivity contribution >= 4 is 5.91 Å². The molecule has 0 spiro atoms. The Bertz CT molecular complexity index is 1180. The molecule has 0 aliphatic heterocycles. The second kappa shape index (κ2) is 66.1. The Kier molecular flexibility index (Phi) is 64.8. The lowest BCUT2D eigenvalue weighted by molar-refractivity contribution is -0.131. The van der Waals surface area contributed by atoms with E-state index >= 15 is 0 Å². The minimum absolute atomic E-state index is 0.361. The summed E-state index contributed by atoms with van der Waals surface area (Å²) in [5.74, 6) is -0.497. The van der Waals surface area contributed by atoms with Crippen LogP contribution in [-0.4, -0.2) is 46.1 Å². The average Bonchev–Trinajstić information content (AvgIpc) is 3.42. The average molecular weight is 1070 g/mol. The molecular formula is C71H137NO4. The van der Waals surface area contributed by atoms with Gasteiger partial charge in [-0.15, -0.1) is 0 Å². The van der Waals surface area contributed by atoms with Gasteiger partial charge in [-0.05, 0) is 51.4 Å². The third-order valence-electron chi connectivity index (χ3n) is 16.5. The molecule has 0 saturated heterocycles. The second-order valence-electron chi connectivity index (χ2n) is 24.1. The summed E-state index contributed by atoms with van der Waals surface area (Å²) in [5, 5.41) is 33.5. The van der Waals surface area contributed by atoms with Crippen molar-refractivity contribution in [3.05, 3.63) is 36.5 Å². The van der Waals surface area contributed by atoms with Crippen LogP contribution < -0.4 is 5.32 Å². The fraction of sp³-hybridized carbons (Fsp3) is 0.901. The summed E-state index contributed by atoms with van der Waals surface area (Å²) in [7, 11) is 0. The molecule has 5 nitrogen and oxygen atoms in total. The lowest BCUT2D eigenvalue weighted by atomic mass is 10.0. The lowest BCUT2D eigenvalue weighted by Crippen LogP contribution is -2.48. The van der Waals surface area contributed by atoms with E-state index in [0.29, 0.717) is 6.42 Å². The van der Waals surface area contributed by atoms with Crippen molar-refractivity contribution in [3.63, 3.8) is 0 Å². The molecule has 3 atom stereocenters. The molecule has 0 radical (unpaired) electrons. The van der Waals surface area contributed by atoms with Gasteiger partial charge in [0.15, 0.2) is 0 Å². The normalized spacial score (nSPS) is 13.3. The largest absolute Gasteiger partial charge is 0.394 e. The van der Waals surface area contributed by atoms with E-state index in [1.54, 1.807) is 6.08 Å². The summed E-state index contributed by atoms with van der Waals surface area (Å²) < 4.78 is 0. The Morgan fingerprint density at radius 3 is 0.829 bits per heavy atom. The number of unbranched alkanes of at least 4 members (excludes halogenated alkanes) is 53. The number of rotatable bonds is 65. The number of aliphatic hydroxyl groups is 3. The van der Waals surface area contributed by atoms with Gasteiger partial charge < -0.3 is 20.6 Å². The predicted octanol–water partition coefficient (Wildman–Crippen LogP) is 22.5. The van der Waals surface area contributed by atoms with E-state index in [9.17, 15) is 20.1 Å². The van der Waals surface area contributed by atoms with E-state index in [0.717, 1.165) is 38.5 Å². The summed E-state index contributed by atoms with van der Waals surface area (Å²) in [6.45, 7) is 4.23. The monoisotopic (exact) mass is 1070 g/mol. The highest BCUT2D eigenvalue weighted by molar-refractivity contribution is 5.80. The van der Waals surface area contributed by atoms with Crippen molar-refractivity contribution in [2.24, 2.45) is 0 Å². The highest BCUT2D eigenvalue weighted by Crippen LogP contribution is 2.19. The molecule has 1 amide bonds. The fourth-order valence-electron chi connectivity index (χ4n) is 11.1. The van der Waals surface area contributed by atoms with Crippen LogP contribution in [0.25, 0.3) is 0 Å². The molecule has 0 bridgehead atoms. The van der Waals surface area contributed by atoms with Gasteiger partial charge in [0.25, 0.3) is 0 Å². The fourth-order valence-corrected chi connectivity index (χ4v) is 11.1. The van der Waals surface area contributed by atoms with Crippen molar-refractivity contribution in [1.29, 1.82) is 0 Å². The van der Waals surface area contributed by atoms with Crippen molar-refractivity contribution in [3.8, 4) is 0 Å². The van der Waals surface area contributed by atoms with Crippen LogP contribution in [0.15, 0.2) is 36.5 Å². The van der Waals surface area contributed by atoms with Crippen LogP contribution in [0.2, 0.25) is 0 Å². The first-order valence-corrected chi connectivity index (χ1v) is 34.8. The summed E-state index contributed by atoms with van der Waals surface area (Å²) in [5.41, 5.74) is 0. The molecule has 5 heteroatoms. The molecule has 450 valence electrons. The van der Waals surface area contributed by atoms with Crippen molar-refractivity contribution in [2.45, 2.75) is 405 Å². The predicted molar refractivity (Wildman–Crippen MR) is 338 cm³/mol. The molecule has 0 rings (SSSR count). The summed E-state index contributed by atoms with van der Waals surface area (Å²) in [4.78, 5) is 12.6. The number of aliphatic hydroxyl groups excluding tert-OH is 3. The smallest absolute Gasteiger partial charge is 0.249 e. The standard InChI is InChI=1S/C71H137NO4/c1-3-5-7-9-11-13-15-17-19-21-23-25-27-29-30-31-32-33-34-35-36-37-38-39-40-41-42-44-46-48-50-52-54-56-58-60-62-64-66-70(75)71(76)72-68(67-73)69(74)65-63-61-59-57-55-53-51-49-47-45-43-28-26-24-22-20-18-16-14-12-10-8-6-4-2/h32-33,35-36,63,65,68-70,73-75H,3-31,34,37-62,64,66-67H2,1-2H3,(H,72,76)/b33-32-,36-35-,65-63+. The zero-order valence-electron chi connectivity index (χ0n) is 51.7. The summed E-state index contributed by atoms with van der Waals surface area (Å²) in [6, 6.07) is -0.799. The van der Waals surface area contributed by atoms with E-state index in [1.807, 2.05) is 6.08 Å². The Balaban J connectivity index is 3.49. The second-order valence-corrected chi connectivity index (χ2v) is 24.1. The first-order valence-electron chi connectivity index (χ1n) is 34.8. The highest BCUT2D eigenvalue weighted by atomic mass is 16.3. The van der Waals surface area contributed by atoms with Gasteiger partial charge in [0.2, 0.25) is 5.91 Å². The molecule has 4 N–H and O–H groups in total. The van der Waals surface area contributed by atoms with Gasteiger partial charge in [-0.1, -0.05) is 371 Å². The molecule has 0 fully saturated rings. The zero-order chi connectivity index (χ0) is 55.0. The molecule has 0 aliphatic carbocycles. The third-order valence-corrected chi connectivity index (χ3v) is 16.5. The SMILES string of the molecule is CCCCCCCCCCCCCCCCC/C=C\C/C=C\CCCCCCCCCCCCCCCCCCC(O)C(=O)NC(CO)C(O)/C=C/CCCCCCCCCCCCCCCCCCCCCCCC. The minimum atomic E-state index is -1.10. The highest BCUT2D eigenvalue weighted by Gasteiger charge is 2.22. The summed E-state index contributed by atoms with van der Waals surface area (Å²) >= 11 is 0. The third kappa shape index (κ3) is 60.2. The number of carbonyl (C=O) groups is 1. The van der Waals surface area contributed by atoms with Gasteiger partial charge >= 0.3 is 0 Å². The molecule has 0 aliphatic rings. The van der Waals surface area contributed by atoms with Gasteiger partial charge in [-0.3, -0.25) is 4.79 Å². The number of amides is 1. The van der Waals surface area contributed by atoms with E-state index in [1.165, 1.54) is 327 Å². The maximum absolute atomic E-state index is 12.6. The molecule has 0 heterocycles. The van der Waals surface area contributed by atoms with Crippen molar-refractivity contribution in [1.82, 2.24) is 5.32 Å².